The van der Waals surface area contributed by atoms with Crippen molar-refractivity contribution in [1.29, 1.82) is 5.26 Å². The molecule has 0 spiro atoms. The standard InChI is InChI=1S/C23H41NO2/c1-3-5-7-8-9-11-20-17-25-22(26-18-20)21-12-15-23(19-24,16-13-21)14-10-6-4-2/h20-22H,3-18H2,1-2H3/t20?,21-,22?,23+. The van der Waals surface area contributed by atoms with Crippen LogP contribution >= 0.6 is 0 Å². The Hall–Kier alpha value is -0.590. The molecule has 150 valence electrons. The zero-order chi connectivity index (χ0) is 18.7. The van der Waals surface area contributed by atoms with Gasteiger partial charge >= 0.3 is 0 Å². The molecule has 2 rings (SSSR count). The minimum Gasteiger partial charge on any atom is -0.352 e. The van der Waals surface area contributed by atoms with Gasteiger partial charge in [0, 0.05) is 11.8 Å². The first-order valence-electron chi connectivity index (χ1n) is 11.4. The molecule has 2 aliphatic rings. The van der Waals surface area contributed by atoms with E-state index in [9.17, 15) is 5.26 Å². The predicted octanol–water partition coefficient (Wildman–Crippen LogP) is 6.62. The van der Waals surface area contributed by atoms with Gasteiger partial charge in [0.1, 0.15) is 0 Å². The van der Waals surface area contributed by atoms with Crippen LogP contribution in [0.3, 0.4) is 0 Å². The molecular formula is C23H41NO2. The van der Waals surface area contributed by atoms with E-state index in [1.807, 2.05) is 0 Å². The summed E-state index contributed by atoms with van der Waals surface area (Å²) in [5, 5.41) is 9.70. The van der Waals surface area contributed by atoms with Crippen molar-refractivity contribution in [3.8, 4) is 6.07 Å². The highest BCUT2D eigenvalue weighted by molar-refractivity contribution is 5.01. The fourth-order valence-corrected chi connectivity index (χ4v) is 4.63. The third kappa shape index (κ3) is 6.86. The van der Waals surface area contributed by atoms with Crippen molar-refractivity contribution in [2.24, 2.45) is 17.3 Å². The summed E-state index contributed by atoms with van der Waals surface area (Å²) in [7, 11) is 0. The molecule has 0 N–H and O–H groups in total. The fraction of sp³-hybridized carbons (Fsp3) is 0.957. The molecule has 0 atom stereocenters. The van der Waals surface area contributed by atoms with E-state index in [0.717, 1.165) is 45.3 Å². The lowest BCUT2D eigenvalue weighted by atomic mass is 9.68. The van der Waals surface area contributed by atoms with Gasteiger partial charge in [0.2, 0.25) is 0 Å². The molecule has 1 saturated heterocycles. The largest absolute Gasteiger partial charge is 0.352 e. The number of ether oxygens (including phenoxy) is 2. The molecule has 2 fully saturated rings. The van der Waals surface area contributed by atoms with Crippen molar-refractivity contribution in [1.82, 2.24) is 0 Å². The first-order valence-corrected chi connectivity index (χ1v) is 11.4. The molecule has 0 aromatic rings. The van der Waals surface area contributed by atoms with Gasteiger partial charge in [0.15, 0.2) is 6.29 Å². The lowest BCUT2D eigenvalue weighted by molar-refractivity contribution is -0.231. The van der Waals surface area contributed by atoms with Crippen molar-refractivity contribution in [3.63, 3.8) is 0 Å². The maximum absolute atomic E-state index is 9.70. The van der Waals surface area contributed by atoms with E-state index >= 15 is 0 Å². The number of hydrogen-bond donors (Lipinski definition) is 0. The molecule has 0 radical (unpaired) electrons. The Bertz CT molecular complexity index is 401. The van der Waals surface area contributed by atoms with Crippen molar-refractivity contribution in [2.75, 3.05) is 13.2 Å². The van der Waals surface area contributed by atoms with Crippen LogP contribution < -0.4 is 0 Å². The molecule has 0 aromatic heterocycles. The van der Waals surface area contributed by atoms with Crippen LogP contribution in [0.25, 0.3) is 0 Å². The van der Waals surface area contributed by atoms with Crippen LogP contribution in [0, 0.1) is 28.6 Å². The Balaban J connectivity index is 1.64. The van der Waals surface area contributed by atoms with Gasteiger partial charge in [-0.25, -0.2) is 0 Å². The first kappa shape index (κ1) is 21.7. The van der Waals surface area contributed by atoms with Crippen LogP contribution in [-0.2, 0) is 9.47 Å². The Morgan fingerprint density at radius 1 is 0.885 bits per heavy atom. The third-order valence-corrected chi connectivity index (χ3v) is 6.58. The van der Waals surface area contributed by atoms with Crippen LogP contribution in [0.5, 0.6) is 0 Å². The normalized spacial score (nSPS) is 32.3. The first-order chi connectivity index (χ1) is 12.7. The maximum Gasteiger partial charge on any atom is 0.160 e. The number of nitrogens with zero attached hydrogens (tertiary/aromatic N) is 1. The van der Waals surface area contributed by atoms with Gasteiger partial charge in [-0.05, 0) is 38.5 Å². The highest BCUT2D eigenvalue weighted by atomic mass is 16.7. The highest BCUT2D eigenvalue weighted by Gasteiger charge is 2.39. The SMILES string of the molecule is CCCCCCCC1COC([C@H]2CC[C@](C#N)(CCCCC)CC2)OC1. The number of hydrogen-bond acceptors (Lipinski definition) is 3. The lowest BCUT2D eigenvalue weighted by Gasteiger charge is -2.40. The topological polar surface area (TPSA) is 42.2 Å². The average Bonchev–Trinajstić information content (AvgIpc) is 2.69. The van der Waals surface area contributed by atoms with Gasteiger partial charge in [0.05, 0.1) is 24.7 Å². The van der Waals surface area contributed by atoms with Crippen LogP contribution in [-0.4, -0.2) is 19.5 Å². The Morgan fingerprint density at radius 2 is 1.50 bits per heavy atom. The van der Waals surface area contributed by atoms with Crippen molar-refractivity contribution in [2.45, 2.75) is 110 Å². The Kier molecular flexibility index (Phi) is 10.0. The van der Waals surface area contributed by atoms with E-state index in [4.69, 9.17) is 9.47 Å². The Labute approximate surface area is 161 Å². The lowest BCUT2D eigenvalue weighted by Crippen LogP contribution is -2.40. The zero-order valence-corrected chi connectivity index (χ0v) is 17.3. The maximum atomic E-state index is 9.70. The van der Waals surface area contributed by atoms with Gasteiger partial charge < -0.3 is 9.47 Å². The smallest absolute Gasteiger partial charge is 0.160 e. The van der Waals surface area contributed by atoms with Crippen molar-refractivity contribution < 1.29 is 9.47 Å². The molecule has 3 heteroatoms. The highest BCUT2D eigenvalue weighted by Crippen LogP contribution is 2.44. The molecule has 0 bridgehead atoms. The van der Waals surface area contributed by atoms with Gasteiger partial charge in [-0.15, -0.1) is 0 Å². The van der Waals surface area contributed by atoms with Crippen LogP contribution in [0.1, 0.15) is 104 Å². The van der Waals surface area contributed by atoms with Crippen molar-refractivity contribution >= 4 is 0 Å². The van der Waals surface area contributed by atoms with E-state index in [1.54, 1.807) is 0 Å². The summed E-state index contributed by atoms with van der Waals surface area (Å²) in [6.07, 6.45) is 16.9. The average molecular weight is 364 g/mol. The number of unbranched alkanes of at least 4 members (excludes halogenated alkanes) is 6. The molecule has 1 aliphatic carbocycles. The molecule has 0 unspecified atom stereocenters. The summed E-state index contributed by atoms with van der Waals surface area (Å²) in [6.45, 7) is 6.23. The molecule has 1 heterocycles. The van der Waals surface area contributed by atoms with E-state index in [0.29, 0.717) is 11.8 Å². The number of rotatable bonds is 11. The molecule has 1 aliphatic heterocycles. The summed E-state index contributed by atoms with van der Waals surface area (Å²) >= 11 is 0. The van der Waals surface area contributed by atoms with Crippen LogP contribution in [0.15, 0.2) is 0 Å². The molecule has 0 aromatic carbocycles. The van der Waals surface area contributed by atoms with Gasteiger partial charge in [0.25, 0.3) is 0 Å². The summed E-state index contributed by atoms with van der Waals surface area (Å²) in [5.41, 5.74) is -0.0681. The second kappa shape index (κ2) is 12.0. The molecule has 0 amide bonds. The van der Waals surface area contributed by atoms with Crippen molar-refractivity contribution in [3.05, 3.63) is 0 Å². The summed E-state index contributed by atoms with van der Waals surface area (Å²) in [5.74, 6) is 1.08. The second-order valence-corrected chi connectivity index (χ2v) is 8.79. The minimum atomic E-state index is -0.0681. The number of nitriles is 1. The molecule has 1 saturated carbocycles. The Morgan fingerprint density at radius 3 is 2.12 bits per heavy atom. The van der Waals surface area contributed by atoms with E-state index in [-0.39, 0.29) is 11.7 Å². The minimum absolute atomic E-state index is 0.0151. The van der Waals surface area contributed by atoms with Crippen LogP contribution in [0.4, 0.5) is 0 Å². The molecular weight excluding hydrogens is 322 g/mol. The quantitative estimate of drug-likeness (QED) is 0.387. The second-order valence-electron chi connectivity index (χ2n) is 8.79. The fourth-order valence-electron chi connectivity index (χ4n) is 4.63. The monoisotopic (exact) mass is 363 g/mol. The summed E-state index contributed by atoms with van der Waals surface area (Å²) in [4.78, 5) is 0. The van der Waals surface area contributed by atoms with Gasteiger partial charge in [-0.2, -0.15) is 5.26 Å². The van der Waals surface area contributed by atoms with Gasteiger partial charge in [-0.3, -0.25) is 0 Å². The van der Waals surface area contributed by atoms with E-state index in [1.165, 1.54) is 57.8 Å². The van der Waals surface area contributed by atoms with E-state index in [2.05, 4.69) is 19.9 Å². The van der Waals surface area contributed by atoms with Gasteiger partial charge in [-0.1, -0.05) is 65.2 Å². The summed E-state index contributed by atoms with van der Waals surface area (Å²) in [6, 6.07) is 2.66. The molecule has 26 heavy (non-hydrogen) atoms. The summed E-state index contributed by atoms with van der Waals surface area (Å²) < 4.78 is 12.2. The molecule has 3 nitrogen and oxygen atoms in total. The predicted molar refractivity (Wildman–Crippen MR) is 107 cm³/mol. The van der Waals surface area contributed by atoms with Crippen LogP contribution in [0.2, 0.25) is 0 Å². The zero-order valence-electron chi connectivity index (χ0n) is 17.3. The third-order valence-electron chi connectivity index (χ3n) is 6.58. The van der Waals surface area contributed by atoms with E-state index < -0.39 is 0 Å².